The number of urea groups is 1. The Bertz CT molecular complexity index is 760. The van der Waals surface area contributed by atoms with Crippen LogP contribution in [0.3, 0.4) is 0 Å². The minimum absolute atomic E-state index is 0.0466. The van der Waals surface area contributed by atoms with Gasteiger partial charge in [-0.3, -0.25) is 0 Å². The molecule has 0 radical (unpaired) electrons. The van der Waals surface area contributed by atoms with Gasteiger partial charge in [-0.25, -0.2) is 9.18 Å². The molecule has 1 aliphatic heterocycles. The summed E-state index contributed by atoms with van der Waals surface area (Å²) in [5.41, 5.74) is -1.02. The Morgan fingerprint density at radius 2 is 2.00 bits per heavy atom. The highest BCUT2D eigenvalue weighted by Gasteiger charge is 2.44. The predicted octanol–water partition coefficient (Wildman–Crippen LogP) is 3.65. The summed E-state index contributed by atoms with van der Waals surface area (Å²) in [6, 6.07) is 9.35. The second kappa shape index (κ2) is 7.05. The molecule has 2 aliphatic rings. The number of aromatic nitrogens is 2. The zero-order valence-electron chi connectivity index (χ0n) is 14.7. The summed E-state index contributed by atoms with van der Waals surface area (Å²) in [6.45, 7) is 0.492. The van der Waals surface area contributed by atoms with E-state index in [1.807, 2.05) is 30.3 Å². The van der Waals surface area contributed by atoms with Gasteiger partial charge >= 0.3 is 6.03 Å². The fourth-order valence-electron chi connectivity index (χ4n) is 3.80. The van der Waals surface area contributed by atoms with E-state index in [2.05, 4.69) is 15.5 Å². The van der Waals surface area contributed by atoms with E-state index in [0.29, 0.717) is 18.8 Å². The van der Waals surface area contributed by atoms with E-state index in [-0.39, 0.29) is 30.9 Å². The van der Waals surface area contributed by atoms with E-state index in [1.54, 1.807) is 0 Å². The van der Waals surface area contributed by atoms with Crippen LogP contribution in [0.25, 0.3) is 11.4 Å². The number of alkyl halides is 1. The van der Waals surface area contributed by atoms with Gasteiger partial charge in [0.2, 0.25) is 11.5 Å². The van der Waals surface area contributed by atoms with Crippen LogP contribution in [0.5, 0.6) is 0 Å². The minimum atomic E-state index is -1.80. The average molecular weight is 358 g/mol. The second-order valence-corrected chi connectivity index (χ2v) is 7.21. The van der Waals surface area contributed by atoms with Crippen LogP contribution >= 0.6 is 0 Å². The number of likely N-dealkylation sites (tertiary alicyclic amines) is 1. The molecule has 1 aliphatic carbocycles. The fourth-order valence-corrected chi connectivity index (χ4v) is 3.80. The van der Waals surface area contributed by atoms with Crippen molar-refractivity contribution in [3.8, 4) is 11.4 Å². The van der Waals surface area contributed by atoms with Crippen LogP contribution in [0.1, 0.15) is 44.4 Å². The normalized spacial score (nSPS) is 24.0. The number of rotatable bonds is 3. The first-order valence-electron chi connectivity index (χ1n) is 9.28. The van der Waals surface area contributed by atoms with Crippen LogP contribution in [-0.4, -0.2) is 40.2 Å². The lowest BCUT2D eigenvalue weighted by atomic mass is 9.94. The lowest BCUT2D eigenvalue weighted by Crippen LogP contribution is -2.51. The molecule has 2 aromatic rings. The first-order valence-corrected chi connectivity index (χ1v) is 9.28. The van der Waals surface area contributed by atoms with Crippen LogP contribution in [0, 0.1) is 0 Å². The van der Waals surface area contributed by atoms with Crippen molar-refractivity contribution in [3.05, 3.63) is 36.2 Å². The predicted molar refractivity (Wildman–Crippen MR) is 94.1 cm³/mol. The highest BCUT2D eigenvalue weighted by atomic mass is 19.1. The molecule has 1 saturated heterocycles. The molecule has 138 valence electrons. The summed E-state index contributed by atoms with van der Waals surface area (Å²) in [6.07, 6.45) is 5.13. The largest absolute Gasteiger partial charge is 0.335 e. The highest BCUT2D eigenvalue weighted by molar-refractivity contribution is 5.74. The van der Waals surface area contributed by atoms with E-state index in [9.17, 15) is 4.79 Å². The summed E-state index contributed by atoms with van der Waals surface area (Å²) < 4.78 is 20.8. The summed E-state index contributed by atoms with van der Waals surface area (Å²) in [4.78, 5) is 18.3. The first kappa shape index (κ1) is 17.0. The molecule has 7 heteroatoms. The van der Waals surface area contributed by atoms with Gasteiger partial charge in [0.15, 0.2) is 0 Å². The Balaban J connectivity index is 1.47. The maximum absolute atomic E-state index is 15.5. The number of amides is 2. The van der Waals surface area contributed by atoms with Crippen molar-refractivity contribution in [3.63, 3.8) is 0 Å². The van der Waals surface area contributed by atoms with Gasteiger partial charge < -0.3 is 14.7 Å². The standard InChI is InChI=1S/C19H23FN4O2/c20-19(17-22-16(23-26-17)14-7-2-1-3-8-14)11-6-12-24(13-19)18(25)21-15-9-4-5-10-15/h1-3,7-8,15H,4-6,9-13H2,(H,21,25). The van der Waals surface area contributed by atoms with Crippen LogP contribution in [-0.2, 0) is 5.67 Å². The van der Waals surface area contributed by atoms with Crippen LogP contribution in [0.2, 0.25) is 0 Å². The number of hydrogen-bond acceptors (Lipinski definition) is 4. The number of benzene rings is 1. The average Bonchev–Trinajstić information content (AvgIpc) is 3.35. The lowest BCUT2D eigenvalue weighted by Gasteiger charge is -2.35. The van der Waals surface area contributed by atoms with Crippen molar-refractivity contribution in [1.82, 2.24) is 20.4 Å². The van der Waals surface area contributed by atoms with E-state index in [4.69, 9.17) is 4.52 Å². The molecule has 1 saturated carbocycles. The zero-order chi connectivity index (χ0) is 18.0. The third-order valence-corrected chi connectivity index (χ3v) is 5.25. The molecule has 2 amide bonds. The third kappa shape index (κ3) is 3.43. The van der Waals surface area contributed by atoms with Crippen molar-refractivity contribution in [2.45, 2.75) is 50.2 Å². The van der Waals surface area contributed by atoms with Gasteiger partial charge in [-0.1, -0.05) is 48.3 Å². The molecule has 6 nitrogen and oxygen atoms in total. The summed E-state index contributed by atoms with van der Waals surface area (Å²) in [5.74, 6) is 0.319. The van der Waals surface area contributed by atoms with E-state index >= 15 is 4.39 Å². The van der Waals surface area contributed by atoms with Crippen LogP contribution in [0.15, 0.2) is 34.9 Å². The topological polar surface area (TPSA) is 71.3 Å². The number of nitrogens with one attached hydrogen (secondary N) is 1. The number of halogens is 1. The number of carbonyl (C=O) groups is 1. The van der Waals surface area contributed by atoms with Gasteiger partial charge in [0, 0.05) is 18.2 Å². The molecular formula is C19H23FN4O2. The van der Waals surface area contributed by atoms with Gasteiger partial charge in [0.25, 0.3) is 5.89 Å². The van der Waals surface area contributed by atoms with Crippen LogP contribution < -0.4 is 5.32 Å². The molecule has 0 bridgehead atoms. The Morgan fingerprint density at radius 3 is 2.77 bits per heavy atom. The maximum Gasteiger partial charge on any atom is 0.317 e. The minimum Gasteiger partial charge on any atom is -0.335 e. The first-order chi connectivity index (χ1) is 12.6. The fraction of sp³-hybridized carbons (Fsp3) is 0.526. The number of nitrogens with zero attached hydrogens (tertiary/aromatic N) is 3. The molecule has 1 unspecified atom stereocenters. The highest BCUT2D eigenvalue weighted by Crippen LogP contribution is 2.35. The summed E-state index contributed by atoms with van der Waals surface area (Å²) in [7, 11) is 0. The van der Waals surface area contributed by atoms with Gasteiger partial charge in [-0.2, -0.15) is 4.98 Å². The van der Waals surface area contributed by atoms with Gasteiger partial charge in [-0.05, 0) is 25.7 Å². The molecule has 2 fully saturated rings. The lowest BCUT2D eigenvalue weighted by molar-refractivity contribution is 0.0302. The second-order valence-electron chi connectivity index (χ2n) is 7.21. The maximum atomic E-state index is 15.5. The molecule has 1 N–H and O–H groups in total. The molecule has 26 heavy (non-hydrogen) atoms. The molecular weight excluding hydrogens is 335 g/mol. The van der Waals surface area contributed by atoms with E-state index < -0.39 is 5.67 Å². The number of piperidine rings is 1. The van der Waals surface area contributed by atoms with Crippen molar-refractivity contribution in [2.75, 3.05) is 13.1 Å². The van der Waals surface area contributed by atoms with Crippen molar-refractivity contribution < 1.29 is 13.7 Å². The smallest absolute Gasteiger partial charge is 0.317 e. The summed E-state index contributed by atoms with van der Waals surface area (Å²) in [5, 5.41) is 6.94. The van der Waals surface area contributed by atoms with Gasteiger partial charge in [0.1, 0.15) is 0 Å². The monoisotopic (exact) mass is 358 g/mol. The van der Waals surface area contributed by atoms with Crippen molar-refractivity contribution in [2.24, 2.45) is 0 Å². The Labute approximate surface area is 151 Å². The molecule has 1 atom stereocenters. The van der Waals surface area contributed by atoms with E-state index in [1.165, 1.54) is 4.90 Å². The molecule has 1 aromatic carbocycles. The summed E-state index contributed by atoms with van der Waals surface area (Å²) >= 11 is 0. The van der Waals surface area contributed by atoms with Crippen LogP contribution in [0.4, 0.5) is 9.18 Å². The van der Waals surface area contributed by atoms with E-state index in [0.717, 1.165) is 31.2 Å². The Hall–Kier alpha value is -2.44. The SMILES string of the molecule is O=C(NC1CCCC1)N1CCCC(F)(c2nc(-c3ccccc3)no2)C1. The molecule has 4 rings (SSSR count). The third-order valence-electron chi connectivity index (χ3n) is 5.25. The molecule has 2 heterocycles. The van der Waals surface area contributed by atoms with Crippen molar-refractivity contribution >= 4 is 6.03 Å². The Kier molecular flexibility index (Phi) is 4.61. The van der Waals surface area contributed by atoms with Gasteiger partial charge in [0.05, 0.1) is 6.54 Å². The number of carbonyl (C=O) groups excluding carboxylic acids is 1. The van der Waals surface area contributed by atoms with Gasteiger partial charge in [-0.15, -0.1) is 0 Å². The zero-order valence-corrected chi connectivity index (χ0v) is 14.7. The molecule has 1 aromatic heterocycles. The Morgan fingerprint density at radius 1 is 1.23 bits per heavy atom. The molecule has 0 spiro atoms. The quantitative estimate of drug-likeness (QED) is 0.909. The van der Waals surface area contributed by atoms with Crippen molar-refractivity contribution in [1.29, 1.82) is 0 Å². The number of hydrogen-bond donors (Lipinski definition) is 1.